The van der Waals surface area contributed by atoms with Crippen LogP contribution in [0.2, 0.25) is 0 Å². The average molecular weight is 338 g/mol. The minimum absolute atomic E-state index is 0.114. The number of aromatic nitrogens is 1. The van der Waals surface area contributed by atoms with Gasteiger partial charge in [0.1, 0.15) is 5.76 Å². The van der Waals surface area contributed by atoms with Crippen LogP contribution in [-0.4, -0.2) is 24.7 Å². The maximum atomic E-state index is 12.3. The quantitative estimate of drug-likeness (QED) is 0.835. The molecule has 0 amide bonds. The van der Waals surface area contributed by atoms with E-state index in [-0.39, 0.29) is 11.3 Å². The van der Waals surface area contributed by atoms with Crippen molar-refractivity contribution in [2.24, 2.45) is 0 Å². The molecule has 0 aliphatic carbocycles. The van der Waals surface area contributed by atoms with Gasteiger partial charge in [-0.3, -0.25) is 0 Å². The molecule has 0 saturated heterocycles. The first kappa shape index (κ1) is 17.2. The molecule has 0 aliphatic heterocycles. The number of nitrogens with zero attached hydrogens (tertiary/aromatic N) is 1. The van der Waals surface area contributed by atoms with Crippen LogP contribution in [0.3, 0.4) is 0 Å². The number of aromatic carboxylic acids is 1. The van der Waals surface area contributed by atoms with E-state index >= 15 is 0 Å². The summed E-state index contributed by atoms with van der Waals surface area (Å²) in [6, 6.07) is 5.27. The summed E-state index contributed by atoms with van der Waals surface area (Å²) in [7, 11) is -3.59. The molecule has 0 spiro atoms. The maximum absolute atomic E-state index is 12.3. The molecule has 1 aromatic carbocycles. The van der Waals surface area contributed by atoms with Crippen molar-refractivity contribution >= 4 is 16.0 Å². The summed E-state index contributed by atoms with van der Waals surface area (Å²) in [6.07, 6.45) is 0. The molecule has 124 valence electrons. The molecule has 1 aromatic heterocycles. The summed E-state index contributed by atoms with van der Waals surface area (Å²) in [5.74, 6) is -0.714. The lowest BCUT2D eigenvalue weighted by atomic mass is 10.1. The number of hydrogen-bond donors (Lipinski definition) is 2. The second-order valence-corrected chi connectivity index (χ2v) is 7.09. The molecule has 0 radical (unpaired) electrons. The third-order valence-corrected chi connectivity index (χ3v) is 4.86. The maximum Gasteiger partial charge on any atom is 0.335 e. The van der Waals surface area contributed by atoms with Crippen LogP contribution >= 0.6 is 0 Å². The Morgan fingerprint density at radius 3 is 2.39 bits per heavy atom. The van der Waals surface area contributed by atoms with Gasteiger partial charge in [0.2, 0.25) is 10.0 Å². The molecule has 2 rings (SSSR count). The Balaban J connectivity index is 2.11. The number of carboxylic acids is 1. The number of benzene rings is 1. The molecule has 0 bridgehead atoms. The van der Waals surface area contributed by atoms with Crippen LogP contribution in [-0.2, 0) is 15.8 Å². The number of sulfonamides is 1. The number of hydrogen-bond acceptors (Lipinski definition) is 5. The van der Waals surface area contributed by atoms with Crippen LogP contribution in [0.1, 0.15) is 45.9 Å². The molecule has 2 N–H and O–H groups in total. The van der Waals surface area contributed by atoms with Crippen LogP contribution in [0.5, 0.6) is 0 Å². The molecule has 23 heavy (non-hydrogen) atoms. The molecule has 1 heterocycles. The van der Waals surface area contributed by atoms with Crippen LogP contribution < -0.4 is 4.72 Å². The Labute approximate surface area is 134 Å². The predicted octanol–water partition coefficient (Wildman–Crippen LogP) is 2.17. The zero-order chi connectivity index (χ0) is 17.2. The first-order valence-electron chi connectivity index (χ1n) is 6.94. The Morgan fingerprint density at radius 2 is 1.91 bits per heavy atom. The van der Waals surface area contributed by atoms with E-state index in [1.165, 1.54) is 24.3 Å². The molecule has 1 unspecified atom stereocenters. The minimum atomic E-state index is -3.59. The van der Waals surface area contributed by atoms with Gasteiger partial charge in [0, 0.05) is 11.6 Å². The number of carbonyl (C=O) groups is 1. The fourth-order valence-electron chi connectivity index (χ4n) is 2.44. The van der Waals surface area contributed by atoms with E-state index in [1.54, 1.807) is 20.8 Å². The van der Waals surface area contributed by atoms with Gasteiger partial charge < -0.3 is 9.63 Å². The highest BCUT2D eigenvalue weighted by Crippen LogP contribution is 2.22. The SMILES string of the molecule is Cc1noc(C)c1C(C)NS(=O)(=O)Cc1ccc(C(=O)O)cc1. The zero-order valence-corrected chi connectivity index (χ0v) is 13.8. The van der Waals surface area contributed by atoms with Crippen molar-refractivity contribution in [1.29, 1.82) is 0 Å². The highest BCUT2D eigenvalue weighted by Gasteiger charge is 2.22. The average Bonchev–Trinajstić information content (AvgIpc) is 2.77. The summed E-state index contributed by atoms with van der Waals surface area (Å²) in [5.41, 5.74) is 1.98. The van der Waals surface area contributed by atoms with Crippen molar-refractivity contribution in [3.8, 4) is 0 Å². The summed E-state index contributed by atoms with van der Waals surface area (Å²) in [5, 5.41) is 12.7. The summed E-state index contributed by atoms with van der Waals surface area (Å²) < 4.78 is 32.2. The Kier molecular flexibility index (Phi) is 4.86. The van der Waals surface area contributed by atoms with Crippen molar-refractivity contribution in [1.82, 2.24) is 9.88 Å². The van der Waals surface area contributed by atoms with Crippen molar-refractivity contribution in [3.63, 3.8) is 0 Å². The van der Waals surface area contributed by atoms with E-state index in [0.29, 0.717) is 17.0 Å². The van der Waals surface area contributed by atoms with Gasteiger partial charge in [-0.05, 0) is 38.5 Å². The summed E-state index contributed by atoms with van der Waals surface area (Å²) in [4.78, 5) is 10.8. The van der Waals surface area contributed by atoms with Crippen LogP contribution in [0.25, 0.3) is 0 Å². The molecule has 2 aromatic rings. The molecule has 0 saturated carbocycles. The normalized spacial score (nSPS) is 13.0. The van der Waals surface area contributed by atoms with Crippen molar-refractivity contribution in [2.75, 3.05) is 0 Å². The van der Waals surface area contributed by atoms with E-state index in [9.17, 15) is 13.2 Å². The second-order valence-electron chi connectivity index (χ2n) is 5.34. The Hall–Kier alpha value is -2.19. The smallest absolute Gasteiger partial charge is 0.335 e. The van der Waals surface area contributed by atoms with Crippen LogP contribution in [0, 0.1) is 13.8 Å². The van der Waals surface area contributed by atoms with Gasteiger partial charge in [-0.1, -0.05) is 17.3 Å². The molecular weight excluding hydrogens is 320 g/mol. The monoisotopic (exact) mass is 338 g/mol. The molecule has 8 heteroatoms. The molecular formula is C15H18N2O5S. The van der Waals surface area contributed by atoms with Gasteiger partial charge >= 0.3 is 5.97 Å². The number of nitrogens with one attached hydrogen (secondary N) is 1. The lowest BCUT2D eigenvalue weighted by Gasteiger charge is -2.14. The van der Waals surface area contributed by atoms with Crippen molar-refractivity contribution < 1.29 is 22.8 Å². The van der Waals surface area contributed by atoms with Gasteiger partial charge in [-0.15, -0.1) is 0 Å². The number of rotatable bonds is 6. The van der Waals surface area contributed by atoms with Crippen LogP contribution in [0.15, 0.2) is 28.8 Å². The van der Waals surface area contributed by atoms with E-state index in [2.05, 4.69) is 9.88 Å². The zero-order valence-electron chi connectivity index (χ0n) is 13.0. The van der Waals surface area contributed by atoms with Gasteiger partial charge in [0.15, 0.2) is 0 Å². The third kappa shape index (κ3) is 4.17. The first-order valence-corrected chi connectivity index (χ1v) is 8.60. The topological polar surface area (TPSA) is 110 Å². The standard InChI is InChI=1S/C15H18N2O5S/c1-9-14(11(3)22-16-9)10(2)17-23(20,21)8-12-4-6-13(7-5-12)15(18)19/h4-7,10,17H,8H2,1-3H3,(H,18,19). The van der Waals surface area contributed by atoms with Gasteiger partial charge in [0.25, 0.3) is 0 Å². The van der Waals surface area contributed by atoms with E-state index in [4.69, 9.17) is 9.63 Å². The lowest BCUT2D eigenvalue weighted by molar-refractivity contribution is 0.0697. The van der Waals surface area contributed by atoms with Crippen molar-refractivity contribution in [3.05, 3.63) is 52.4 Å². The Morgan fingerprint density at radius 1 is 1.30 bits per heavy atom. The minimum Gasteiger partial charge on any atom is -0.478 e. The highest BCUT2D eigenvalue weighted by molar-refractivity contribution is 7.88. The summed E-state index contributed by atoms with van der Waals surface area (Å²) in [6.45, 7) is 5.20. The number of carboxylic acid groups (broad SMARTS) is 1. The first-order chi connectivity index (χ1) is 10.7. The largest absolute Gasteiger partial charge is 0.478 e. The van der Waals surface area contributed by atoms with Crippen molar-refractivity contribution in [2.45, 2.75) is 32.6 Å². The molecule has 7 nitrogen and oxygen atoms in total. The van der Waals surface area contributed by atoms with Gasteiger partial charge in [-0.2, -0.15) is 0 Å². The van der Waals surface area contributed by atoms with E-state index < -0.39 is 22.0 Å². The fraction of sp³-hybridized carbons (Fsp3) is 0.333. The highest BCUT2D eigenvalue weighted by atomic mass is 32.2. The van der Waals surface area contributed by atoms with Gasteiger partial charge in [-0.25, -0.2) is 17.9 Å². The fourth-order valence-corrected chi connectivity index (χ4v) is 3.81. The summed E-state index contributed by atoms with van der Waals surface area (Å²) >= 11 is 0. The molecule has 0 aliphatic rings. The lowest BCUT2D eigenvalue weighted by Crippen LogP contribution is -2.28. The molecule has 1 atom stereocenters. The second kappa shape index (κ2) is 6.51. The van der Waals surface area contributed by atoms with Crippen LogP contribution in [0.4, 0.5) is 0 Å². The van der Waals surface area contributed by atoms with E-state index in [1.807, 2.05) is 0 Å². The molecule has 0 fully saturated rings. The van der Waals surface area contributed by atoms with E-state index in [0.717, 1.165) is 5.56 Å². The predicted molar refractivity (Wildman–Crippen MR) is 83.6 cm³/mol. The van der Waals surface area contributed by atoms with Gasteiger partial charge in [0.05, 0.1) is 17.0 Å². The number of aryl methyl sites for hydroxylation is 2. The Bertz CT molecular complexity index is 789. The third-order valence-electron chi connectivity index (χ3n) is 3.44.